The number of halogens is 6. The number of aliphatic imine (C=N–C) groups is 1. The lowest BCUT2D eigenvalue weighted by atomic mass is 9.61. The van der Waals surface area contributed by atoms with Crippen molar-refractivity contribution in [3.63, 3.8) is 0 Å². The third kappa shape index (κ3) is 14.7. The van der Waals surface area contributed by atoms with Crippen LogP contribution in [-0.2, 0) is 15.0 Å². The smallest absolute Gasteiger partial charge is 0.284 e. The van der Waals surface area contributed by atoms with Crippen LogP contribution in [-0.4, -0.2) is 107 Å². The van der Waals surface area contributed by atoms with E-state index in [9.17, 15) is 28.0 Å². The van der Waals surface area contributed by atoms with Gasteiger partial charge in [-0.05, 0) is 135 Å². The number of methoxy groups -OCH3 is 1. The average molecular weight is 1230 g/mol. The minimum atomic E-state index is -2.95. The van der Waals surface area contributed by atoms with Crippen LogP contribution >= 0.6 is 23.2 Å². The molecule has 6 aromatic rings. The maximum atomic E-state index is 16.4. The number of hydrogen-bond acceptors (Lipinski definition) is 12. The molecule has 9 rings (SSSR count). The summed E-state index contributed by atoms with van der Waals surface area (Å²) in [5, 5.41) is 19.4. The molecule has 2 aliphatic carbocycles. The molecule has 0 bridgehead atoms. The highest BCUT2D eigenvalue weighted by Gasteiger charge is 2.60. The number of carbonyl (C=O) groups is 4. The molecule has 3 aromatic carbocycles. The number of ether oxygens (including phenoxy) is 1. The van der Waals surface area contributed by atoms with Crippen LogP contribution in [0.3, 0.4) is 0 Å². The number of oxazole rings is 1. The molecule has 23 heteroatoms. The molecule has 1 saturated heterocycles. The molecule has 4 amide bonds. The number of pyridine rings is 1. The number of hydrogen-bond donors (Lipinski definition) is 5. The quantitative estimate of drug-likeness (QED) is 0.0207. The zero-order valence-corrected chi connectivity index (χ0v) is 50.4. The molecule has 458 valence electrons. The number of carbonyl (C=O) groups excluding carboxylic acids is 4. The Morgan fingerprint density at radius 2 is 1.71 bits per heavy atom. The fraction of sp³-hybridized carbons (Fsp3) is 0.460. The number of anilines is 3. The standard InChI is InChI=1S/C63H73Cl2F4N11O6/c1-62(2,3)31-50-63(35-70-4,43-22-19-40(64)30-45(43)66)52(42-12-11-13-44(65)53(42)67)55(77-50)59(83)74-46-23-18-38(28-49(46)85-6)57(81)72-25-9-7-8-10-27-79(5)61(84)37-16-20-41(21-17-37)80-33-47(54(78-80)56(68)69)75-58(82)48-34-86-60(76-48)39-24-26-71-51(29-39)73-32-36-14-15-36/h11-13,18-19,22-24,26,28-30,33-34,36-37,41,50,52,55-56,77H,4,7-10,14-17,20-21,25,27,31-32,35H2,1-3,5-6H3,(H,71,73)(H,72,81)(H,74,83)(H,75,82)/t37?,41?,50-,52-,55+,63-/m0/s1. The maximum absolute atomic E-state index is 16.4. The van der Waals surface area contributed by atoms with Gasteiger partial charge in [-0.25, -0.2) is 27.5 Å². The van der Waals surface area contributed by atoms with E-state index in [0.717, 1.165) is 25.8 Å². The van der Waals surface area contributed by atoms with Gasteiger partial charge >= 0.3 is 0 Å². The van der Waals surface area contributed by atoms with E-state index >= 15 is 8.78 Å². The van der Waals surface area contributed by atoms with Crippen LogP contribution in [0.2, 0.25) is 10.0 Å². The molecule has 2 saturated carbocycles. The fourth-order valence-corrected chi connectivity index (χ4v) is 12.4. The van der Waals surface area contributed by atoms with Crippen LogP contribution < -0.4 is 31.3 Å². The van der Waals surface area contributed by atoms with E-state index in [0.29, 0.717) is 68.9 Å². The van der Waals surface area contributed by atoms with Gasteiger partial charge < -0.3 is 40.6 Å². The predicted molar refractivity (Wildman–Crippen MR) is 324 cm³/mol. The molecule has 3 aliphatic rings. The van der Waals surface area contributed by atoms with E-state index in [1.165, 1.54) is 55.3 Å². The van der Waals surface area contributed by atoms with Crippen molar-refractivity contribution in [3.05, 3.63) is 135 Å². The van der Waals surface area contributed by atoms with Crippen LogP contribution in [0.1, 0.15) is 147 Å². The van der Waals surface area contributed by atoms with Gasteiger partial charge in [0.1, 0.15) is 29.5 Å². The Morgan fingerprint density at radius 1 is 0.942 bits per heavy atom. The monoisotopic (exact) mass is 1230 g/mol. The highest BCUT2D eigenvalue weighted by molar-refractivity contribution is 6.31. The predicted octanol–water partition coefficient (Wildman–Crippen LogP) is 12.9. The van der Waals surface area contributed by atoms with Gasteiger partial charge in [-0.15, -0.1) is 0 Å². The van der Waals surface area contributed by atoms with Gasteiger partial charge in [0.2, 0.25) is 17.7 Å². The molecular weight excluding hydrogens is 1150 g/mol. The molecule has 86 heavy (non-hydrogen) atoms. The van der Waals surface area contributed by atoms with Crippen LogP contribution in [0.25, 0.3) is 11.5 Å². The molecule has 1 aliphatic heterocycles. The third-order valence-electron chi connectivity index (χ3n) is 16.6. The van der Waals surface area contributed by atoms with Crippen molar-refractivity contribution in [3.8, 4) is 17.2 Å². The number of aromatic nitrogens is 4. The molecule has 4 heterocycles. The van der Waals surface area contributed by atoms with E-state index in [1.54, 1.807) is 66.7 Å². The number of alkyl halides is 2. The van der Waals surface area contributed by atoms with E-state index in [2.05, 4.69) is 53.4 Å². The molecule has 3 fully saturated rings. The molecule has 3 aromatic heterocycles. The van der Waals surface area contributed by atoms with Gasteiger partial charge in [-0.3, -0.25) is 28.9 Å². The summed E-state index contributed by atoms with van der Waals surface area (Å²) in [5.74, 6) is -2.64. The van der Waals surface area contributed by atoms with Crippen LogP contribution in [0.5, 0.6) is 5.75 Å². The lowest BCUT2D eigenvalue weighted by Crippen LogP contribution is -2.48. The second-order valence-corrected chi connectivity index (χ2v) is 24.8. The van der Waals surface area contributed by atoms with Crippen molar-refractivity contribution in [1.29, 1.82) is 0 Å². The van der Waals surface area contributed by atoms with Crippen molar-refractivity contribution in [2.24, 2.45) is 22.2 Å². The summed E-state index contributed by atoms with van der Waals surface area (Å²) >= 11 is 12.6. The second kappa shape index (κ2) is 27.6. The van der Waals surface area contributed by atoms with Crippen molar-refractivity contribution in [2.75, 3.05) is 56.3 Å². The lowest BCUT2D eigenvalue weighted by Gasteiger charge is -2.42. The number of nitrogens with one attached hydrogen (secondary N) is 5. The first kappa shape index (κ1) is 63.2. The Balaban J connectivity index is 0.733. The van der Waals surface area contributed by atoms with Gasteiger partial charge in [0.05, 0.1) is 42.1 Å². The molecule has 17 nitrogen and oxygen atoms in total. The Labute approximate surface area is 507 Å². The van der Waals surface area contributed by atoms with Crippen molar-refractivity contribution in [2.45, 2.75) is 127 Å². The topological polar surface area (TPSA) is 210 Å². The first-order valence-electron chi connectivity index (χ1n) is 29.1. The average Bonchev–Trinajstić information content (AvgIpc) is 1.52. The van der Waals surface area contributed by atoms with Crippen molar-refractivity contribution in [1.82, 2.24) is 35.3 Å². The largest absolute Gasteiger partial charge is 0.495 e. The molecule has 4 atom stereocenters. The van der Waals surface area contributed by atoms with Gasteiger partial charge in [0, 0.05) is 78.5 Å². The summed E-state index contributed by atoms with van der Waals surface area (Å²) in [6.45, 7) is 11.5. The van der Waals surface area contributed by atoms with Crippen molar-refractivity contribution >= 4 is 70.7 Å². The molecule has 0 unspecified atom stereocenters. The zero-order valence-electron chi connectivity index (χ0n) is 48.8. The minimum absolute atomic E-state index is 0.0221. The summed E-state index contributed by atoms with van der Waals surface area (Å²) in [6, 6.07) is 14.9. The van der Waals surface area contributed by atoms with Crippen LogP contribution in [0.4, 0.5) is 34.8 Å². The maximum Gasteiger partial charge on any atom is 0.284 e. The number of amides is 4. The van der Waals surface area contributed by atoms with E-state index in [1.807, 2.05) is 20.8 Å². The fourth-order valence-electron chi connectivity index (χ4n) is 12.0. The minimum Gasteiger partial charge on any atom is -0.495 e. The van der Waals surface area contributed by atoms with E-state index in [4.69, 9.17) is 32.4 Å². The molecule has 5 N–H and O–H groups in total. The van der Waals surface area contributed by atoms with Crippen LogP contribution in [0.15, 0.2) is 94.8 Å². The number of nitrogens with zero attached hydrogens (tertiary/aromatic N) is 6. The Hall–Kier alpha value is -7.36. The Kier molecular flexibility index (Phi) is 20.2. The zero-order chi connectivity index (χ0) is 61.5. The normalized spacial score (nSPS) is 20.3. The van der Waals surface area contributed by atoms with Gasteiger partial charge in [0.25, 0.3) is 18.2 Å². The van der Waals surface area contributed by atoms with E-state index < -0.39 is 59.0 Å². The number of benzene rings is 3. The highest BCUT2D eigenvalue weighted by Crippen LogP contribution is 2.54. The first-order chi connectivity index (χ1) is 41.2. The SMILES string of the molecule is C=NC[C@]1(c2ccc(Cl)cc2F)[C@H](CC(C)(C)C)N[C@@H](C(=O)Nc2ccc(C(=O)NCCCCCCN(C)C(=O)C3CCC(n4cc(NC(=O)c5coc(-c6ccnc(NCC7CC7)c6)n5)c(C(F)F)n4)CC3)cc2OC)[C@@H]1c1cccc(Cl)c1F. The second-order valence-electron chi connectivity index (χ2n) is 23.9. The summed E-state index contributed by atoms with van der Waals surface area (Å²) in [5.41, 5.74) is -1.07. The van der Waals surface area contributed by atoms with Crippen LogP contribution in [0, 0.1) is 28.9 Å². The Bertz CT molecular complexity index is 3420. The van der Waals surface area contributed by atoms with Crippen molar-refractivity contribution < 1.29 is 45.9 Å². The summed E-state index contributed by atoms with van der Waals surface area (Å²) < 4.78 is 74.0. The number of unbranched alkanes of at least 4 members (excludes halogenated alkanes) is 3. The summed E-state index contributed by atoms with van der Waals surface area (Å²) in [4.78, 5) is 69.6. The molecule has 0 spiro atoms. The first-order valence-corrected chi connectivity index (χ1v) is 29.9. The summed E-state index contributed by atoms with van der Waals surface area (Å²) in [7, 11) is 3.19. The Morgan fingerprint density at radius 3 is 2.42 bits per heavy atom. The van der Waals surface area contributed by atoms with Gasteiger partial charge in [0.15, 0.2) is 11.4 Å². The molecular formula is C63H73Cl2F4N11O6. The summed E-state index contributed by atoms with van der Waals surface area (Å²) in [6.07, 6.45) is 9.24. The van der Waals surface area contributed by atoms with E-state index in [-0.39, 0.29) is 91.2 Å². The molecule has 0 radical (unpaired) electrons. The highest BCUT2D eigenvalue weighted by atomic mass is 35.5. The van der Waals surface area contributed by atoms with Gasteiger partial charge in [-0.1, -0.05) is 75.0 Å². The third-order valence-corrected chi connectivity index (χ3v) is 17.1. The number of rotatable bonds is 25. The van der Waals surface area contributed by atoms with Gasteiger partial charge in [-0.2, -0.15) is 5.10 Å². The lowest BCUT2D eigenvalue weighted by molar-refractivity contribution is -0.135.